The Balaban J connectivity index is 1.42. The molecule has 8 heteroatoms. The fraction of sp³-hybridized carbons (Fsp3) is 0.357. The van der Waals surface area contributed by atoms with Gasteiger partial charge in [-0.1, -0.05) is 41.3 Å². The normalized spacial score (nSPS) is 16.6. The van der Waals surface area contributed by atoms with Crippen LogP contribution >= 0.6 is 23.1 Å². The van der Waals surface area contributed by atoms with Gasteiger partial charge in [0.05, 0.1) is 12.4 Å². The zero-order valence-electron chi connectivity index (χ0n) is 11.8. The van der Waals surface area contributed by atoms with Crippen molar-refractivity contribution >= 4 is 34.1 Å². The maximum absolute atomic E-state index is 11.9. The average Bonchev–Trinajstić information content (AvgIpc) is 2.96. The fourth-order valence-electron chi connectivity index (χ4n) is 2.24. The zero-order valence-corrected chi connectivity index (χ0v) is 13.5. The molecule has 1 aromatic heterocycles. The van der Waals surface area contributed by atoms with Gasteiger partial charge in [-0.3, -0.25) is 4.79 Å². The van der Waals surface area contributed by atoms with Crippen molar-refractivity contribution in [2.75, 3.05) is 24.6 Å². The Hall–Kier alpha value is -1.80. The molecule has 0 aliphatic carbocycles. The lowest BCUT2D eigenvalue weighted by atomic mass is 9.97. The molecular formula is C14H16N4O2S2. The first-order valence-electron chi connectivity index (χ1n) is 6.90. The van der Waals surface area contributed by atoms with Gasteiger partial charge < -0.3 is 15.8 Å². The van der Waals surface area contributed by atoms with E-state index in [4.69, 9.17) is 10.5 Å². The van der Waals surface area contributed by atoms with Crippen LogP contribution in [0.5, 0.6) is 5.75 Å². The number of hydrogen-bond donors (Lipinski definition) is 2. The second kappa shape index (κ2) is 6.97. The number of para-hydroxylation sites is 1. The molecule has 1 aliphatic rings. The predicted molar refractivity (Wildman–Crippen MR) is 87.2 cm³/mol. The van der Waals surface area contributed by atoms with Gasteiger partial charge in [0.2, 0.25) is 11.0 Å². The molecule has 22 heavy (non-hydrogen) atoms. The summed E-state index contributed by atoms with van der Waals surface area (Å²) in [6, 6.07) is 8.03. The van der Waals surface area contributed by atoms with Crippen LogP contribution in [-0.4, -0.2) is 35.0 Å². The molecule has 0 saturated carbocycles. The quantitative estimate of drug-likeness (QED) is 0.806. The van der Waals surface area contributed by atoms with Crippen LogP contribution in [0.3, 0.4) is 0 Å². The lowest BCUT2D eigenvalue weighted by Gasteiger charge is -2.25. The molecule has 0 unspecified atom stereocenters. The molecule has 1 aliphatic heterocycles. The highest BCUT2D eigenvalue weighted by atomic mass is 32.2. The van der Waals surface area contributed by atoms with E-state index in [1.807, 2.05) is 18.2 Å². The number of thioether (sulfide) groups is 1. The van der Waals surface area contributed by atoms with Crippen LogP contribution in [0.4, 0.5) is 5.13 Å². The molecule has 1 aromatic carbocycles. The van der Waals surface area contributed by atoms with Crippen LogP contribution in [0, 0.1) is 5.92 Å². The highest BCUT2D eigenvalue weighted by Gasteiger charge is 2.20. The van der Waals surface area contributed by atoms with Gasteiger partial charge in [-0.15, -0.1) is 10.2 Å². The van der Waals surface area contributed by atoms with E-state index in [0.717, 1.165) is 12.2 Å². The van der Waals surface area contributed by atoms with E-state index in [1.165, 1.54) is 28.7 Å². The summed E-state index contributed by atoms with van der Waals surface area (Å²) in [5.41, 5.74) is 6.70. The Morgan fingerprint density at radius 2 is 2.32 bits per heavy atom. The maximum atomic E-state index is 11.9. The average molecular weight is 336 g/mol. The van der Waals surface area contributed by atoms with E-state index in [0.29, 0.717) is 34.3 Å². The van der Waals surface area contributed by atoms with Crippen molar-refractivity contribution in [2.45, 2.75) is 10.8 Å². The number of nitrogens with zero attached hydrogens (tertiary/aromatic N) is 2. The molecule has 6 nitrogen and oxygen atoms in total. The number of carbonyl (C=O) groups excluding carboxylic acids is 1. The number of anilines is 1. The summed E-state index contributed by atoms with van der Waals surface area (Å²) in [5, 5.41) is 10.9. The minimum absolute atomic E-state index is 0.0161. The summed E-state index contributed by atoms with van der Waals surface area (Å²) in [5.74, 6) is 1.56. The van der Waals surface area contributed by atoms with Crippen molar-refractivity contribution in [3.05, 3.63) is 29.8 Å². The Labute approximate surface area is 136 Å². The number of benzene rings is 1. The first-order chi connectivity index (χ1) is 10.7. The predicted octanol–water partition coefficient (Wildman–Crippen LogP) is 1.58. The molecule has 0 spiro atoms. The van der Waals surface area contributed by atoms with Crippen LogP contribution in [-0.2, 0) is 11.2 Å². The maximum Gasteiger partial charge on any atom is 0.230 e. The Morgan fingerprint density at radius 1 is 1.45 bits per heavy atom. The van der Waals surface area contributed by atoms with Crippen molar-refractivity contribution in [3.63, 3.8) is 0 Å². The number of nitrogens with two attached hydrogens (primary N) is 1. The molecule has 0 radical (unpaired) electrons. The van der Waals surface area contributed by atoms with Crippen LogP contribution < -0.4 is 15.8 Å². The smallest absolute Gasteiger partial charge is 0.230 e. The zero-order chi connectivity index (χ0) is 15.4. The molecule has 3 rings (SSSR count). The lowest BCUT2D eigenvalue weighted by molar-refractivity contribution is -0.118. The fourth-order valence-corrected chi connectivity index (χ4v) is 3.70. The van der Waals surface area contributed by atoms with Crippen molar-refractivity contribution in [2.24, 2.45) is 5.92 Å². The lowest BCUT2D eigenvalue weighted by Crippen LogP contribution is -2.35. The summed E-state index contributed by atoms with van der Waals surface area (Å²) in [6.45, 7) is 1.25. The Kier molecular flexibility index (Phi) is 4.79. The number of amides is 1. The van der Waals surface area contributed by atoms with Crippen LogP contribution in [0.25, 0.3) is 0 Å². The molecule has 2 heterocycles. The van der Waals surface area contributed by atoms with E-state index in [1.54, 1.807) is 0 Å². The number of fused-ring (bicyclic) bond motifs is 1. The number of rotatable bonds is 5. The molecule has 2 aromatic rings. The SMILES string of the molecule is Nc1nnc(SCC(=O)NC[C@@H]2COc3ccccc3C2)s1. The molecule has 1 atom stereocenters. The summed E-state index contributed by atoms with van der Waals surface area (Å²) >= 11 is 2.63. The first-order valence-corrected chi connectivity index (χ1v) is 8.70. The van der Waals surface area contributed by atoms with Crippen LogP contribution in [0.1, 0.15) is 5.56 Å². The van der Waals surface area contributed by atoms with Crippen molar-refractivity contribution in [3.8, 4) is 5.75 Å². The van der Waals surface area contributed by atoms with E-state index in [2.05, 4.69) is 21.6 Å². The van der Waals surface area contributed by atoms with Gasteiger partial charge in [0.25, 0.3) is 0 Å². The standard InChI is InChI=1S/C14H16N4O2S2/c15-13-17-18-14(22-13)21-8-12(19)16-6-9-5-10-3-1-2-4-11(10)20-7-9/h1-4,9H,5-8H2,(H2,15,17)(H,16,19)/t9-/m1/s1. The van der Waals surface area contributed by atoms with Crippen LogP contribution in [0.15, 0.2) is 28.6 Å². The number of hydrogen-bond acceptors (Lipinski definition) is 7. The van der Waals surface area contributed by atoms with E-state index in [9.17, 15) is 4.79 Å². The first kappa shape index (κ1) is 15.1. The van der Waals surface area contributed by atoms with E-state index < -0.39 is 0 Å². The van der Waals surface area contributed by atoms with Gasteiger partial charge in [-0.25, -0.2) is 0 Å². The van der Waals surface area contributed by atoms with E-state index in [-0.39, 0.29) is 5.91 Å². The molecule has 0 saturated heterocycles. The molecule has 116 valence electrons. The van der Waals surface area contributed by atoms with Gasteiger partial charge in [0, 0.05) is 12.5 Å². The molecule has 3 N–H and O–H groups in total. The van der Waals surface area contributed by atoms with Gasteiger partial charge >= 0.3 is 0 Å². The van der Waals surface area contributed by atoms with Crippen molar-refractivity contribution in [1.82, 2.24) is 15.5 Å². The number of ether oxygens (including phenoxy) is 1. The number of aromatic nitrogens is 2. The molecule has 1 amide bonds. The number of nitrogens with one attached hydrogen (secondary N) is 1. The summed E-state index contributed by atoms with van der Waals surface area (Å²) in [6.07, 6.45) is 0.927. The topological polar surface area (TPSA) is 90.1 Å². The second-order valence-corrected chi connectivity index (χ2v) is 7.22. The third kappa shape index (κ3) is 3.89. The second-order valence-electron chi connectivity index (χ2n) is 4.99. The van der Waals surface area contributed by atoms with Gasteiger partial charge in [0.1, 0.15) is 5.75 Å². The van der Waals surface area contributed by atoms with Gasteiger partial charge in [-0.2, -0.15) is 0 Å². The third-order valence-electron chi connectivity index (χ3n) is 3.29. The van der Waals surface area contributed by atoms with Crippen LogP contribution in [0.2, 0.25) is 0 Å². The monoisotopic (exact) mass is 336 g/mol. The van der Waals surface area contributed by atoms with E-state index >= 15 is 0 Å². The summed E-state index contributed by atoms with van der Waals surface area (Å²) in [4.78, 5) is 11.9. The Bertz CT molecular complexity index is 662. The molecule has 0 fully saturated rings. The van der Waals surface area contributed by atoms with Gasteiger partial charge in [0.15, 0.2) is 4.34 Å². The highest BCUT2D eigenvalue weighted by Crippen LogP contribution is 2.26. The van der Waals surface area contributed by atoms with Gasteiger partial charge in [-0.05, 0) is 18.1 Å². The van der Waals surface area contributed by atoms with Crippen molar-refractivity contribution in [1.29, 1.82) is 0 Å². The highest BCUT2D eigenvalue weighted by molar-refractivity contribution is 8.01. The minimum Gasteiger partial charge on any atom is -0.493 e. The number of nitrogen functional groups attached to an aromatic ring is 1. The molecular weight excluding hydrogens is 320 g/mol. The summed E-state index contributed by atoms with van der Waals surface area (Å²) in [7, 11) is 0. The molecule has 0 bridgehead atoms. The minimum atomic E-state index is -0.0161. The number of carbonyl (C=O) groups is 1. The largest absolute Gasteiger partial charge is 0.493 e. The Morgan fingerprint density at radius 3 is 3.14 bits per heavy atom. The summed E-state index contributed by atoms with van der Waals surface area (Å²) < 4.78 is 6.42. The third-order valence-corrected chi connectivity index (χ3v) is 5.18. The van der Waals surface area contributed by atoms with Crippen molar-refractivity contribution < 1.29 is 9.53 Å².